The molecule has 0 radical (unpaired) electrons. The summed E-state index contributed by atoms with van der Waals surface area (Å²) in [7, 11) is 0. The molecule has 3 rings (SSSR count). The summed E-state index contributed by atoms with van der Waals surface area (Å²) in [6.07, 6.45) is 1.51. The van der Waals surface area contributed by atoms with Crippen LogP contribution in [-0.2, 0) is 4.79 Å². The van der Waals surface area contributed by atoms with E-state index in [1.54, 1.807) is 17.0 Å². The van der Waals surface area contributed by atoms with Gasteiger partial charge in [0.15, 0.2) is 5.78 Å². The van der Waals surface area contributed by atoms with Gasteiger partial charge in [-0.3, -0.25) is 9.59 Å². The van der Waals surface area contributed by atoms with Crippen molar-refractivity contribution in [3.05, 3.63) is 49.0 Å². The van der Waals surface area contributed by atoms with E-state index in [9.17, 15) is 9.59 Å². The Balaban J connectivity index is 1.85. The summed E-state index contributed by atoms with van der Waals surface area (Å²) in [4.78, 5) is 25.9. The molecular weight excluding hydrogens is 418 g/mol. The van der Waals surface area contributed by atoms with Crippen LogP contribution < -0.4 is 4.90 Å². The maximum atomic E-state index is 12.5. The third-order valence-electron chi connectivity index (χ3n) is 3.42. The van der Waals surface area contributed by atoms with Crippen LogP contribution in [0.4, 0.5) is 5.69 Å². The SMILES string of the molecule is O=C(c1ccc(N2CCCC2=O)cc1)c1cc(Br)sc1Br. The summed E-state index contributed by atoms with van der Waals surface area (Å²) in [6.45, 7) is 0.759. The Morgan fingerprint density at radius 1 is 1.19 bits per heavy atom. The molecule has 1 fully saturated rings. The van der Waals surface area contributed by atoms with Gasteiger partial charge in [0.2, 0.25) is 5.91 Å². The molecule has 0 saturated carbocycles. The third kappa shape index (κ3) is 2.98. The first-order valence-electron chi connectivity index (χ1n) is 6.46. The van der Waals surface area contributed by atoms with Crippen LogP contribution in [0, 0.1) is 0 Å². The van der Waals surface area contributed by atoms with Crippen molar-refractivity contribution in [2.45, 2.75) is 12.8 Å². The molecular formula is C15H11Br2NO2S. The molecule has 0 atom stereocenters. The highest BCUT2D eigenvalue weighted by Crippen LogP contribution is 2.33. The highest BCUT2D eigenvalue weighted by molar-refractivity contribution is 9.12. The molecule has 0 spiro atoms. The van der Waals surface area contributed by atoms with Crippen LogP contribution in [-0.4, -0.2) is 18.2 Å². The van der Waals surface area contributed by atoms with Gasteiger partial charge in [-0.15, -0.1) is 11.3 Å². The minimum Gasteiger partial charge on any atom is -0.312 e. The standard InChI is InChI=1S/C15H11Br2NO2S/c16-12-8-11(15(17)21-12)14(20)9-3-5-10(6-4-9)18-7-1-2-13(18)19/h3-6,8H,1-2,7H2. The number of hydrogen-bond acceptors (Lipinski definition) is 3. The van der Waals surface area contributed by atoms with E-state index < -0.39 is 0 Å². The van der Waals surface area contributed by atoms with Gasteiger partial charge in [0.1, 0.15) is 0 Å². The average molecular weight is 429 g/mol. The number of halogens is 2. The van der Waals surface area contributed by atoms with E-state index in [2.05, 4.69) is 31.9 Å². The molecule has 108 valence electrons. The van der Waals surface area contributed by atoms with Crippen molar-refractivity contribution < 1.29 is 9.59 Å². The lowest BCUT2D eigenvalue weighted by Gasteiger charge is -2.15. The van der Waals surface area contributed by atoms with Gasteiger partial charge >= 0.3 is 0 Å². The van der Waals surface area contributed by atoms with E-state index in [1.165, 1.54) is 11.3 Å². The maximum absolute atomic E-state index is 12.5. The van der Waals surface area contributed by atoms with Crippen LogP contribution in [0.25, 0.3) is 0 Å². The minimum absolute atomic E-state index is 0.0249. The van der Waals surface area contributed by atoms with Crippen molar-refractivity contribution in [3.63, 3.8) is 0 Å². The maximum Gasteiger partial charge on any atom is 0.227 e. The fraction of sp³-hybridized carbons (Fsp3) is 0.200. The monoisotopic (exact) mass is 427 g/mol. The molecule has 1 aliphatic rings. The van der Waals surface area contributed by atoms with Crippen molar-refractivity contribution in [3.8, 4) is 0 Å². The predicted octanol–water partition coefficient (Wildman–Crippen LogP) is 4.63. The molecule has 2 aromatic rings. The fourth-order valence-electron chi connectivity index (χ4n) is 2.36. The molecule has 2 heterocycles. The number of ketones is 1. The number of anilines is 1. The van der Waals surface area contributed by atoms with Crippen LogP contribution in [0.1, 0.15) is 28.8 Å². The first-order valence-corrected chi connectivity index (χ1v) is 8.86. The molecule has 1 amide bonds. The topological polar surface area (TPSA) is 37.4 Å². The lowest BCUT2D eigenvalue weighted by Crippen LogP contribution is -2.23. The van der Waals surface area contributed by atoms with Crippen LogP contribution >= 0.6 is 43.2 Å². The summed E-state index contributed by atoms with van der Waals surface area (Å²) >= 11 is 8.26. The van der Waals surface area contributed by atoms with E-state index in [0.29, 0.717) is 17.5 Å². The zero-order valence-corrected chi connectivity index (χ0v) is 14.9. The van der Waals surface area contributed by atoms with Gasteiger partial charge in [-0.05, 0) is 68.6 Å². The fourth-order valence-corrected chi connectivity index (χ4v) is 5.16. The first kappa shape index (κ1) is 14.9. The lowest BCUT2D eigenvalue weighted by molar-refractivity contribution is -0.117. The molecule has 1 aliphatic heterocycles. The lowest BCUT2D eigenvalue weighted by atomic mass is 10.1. The van der Waals surface area contributed by atoms with Gasteiger partial charge in [0, 0.05) is 29.8 Å². The molecule has 3 nitrogen and oxygen atoms in total. The number of carbonyl (C=O) groups is 2. The van der Waals surface area contributed by atoms with Gasteiger partial charge in [-0.25, -0.2) is 0 Å². The number of benzene rings is 1. The highest BCUT2D eigenvalue weighted by Gasteiger charge is 2.22. The molecule has 1 saturated heterocycles. The molecule has 0 unspecified atom stereocenters. The molecule has 1 aromatic carbocycles. The van der Waals surface area contributed by atoms with Gasteiger partial charge < -0.3 is 4.90 Å². The summed E-state index contributed by atoms with van der Waals surface area (Å²) in [6, 6.07) is 9.05. The summed E-state index contributed by atoms with van der Waals surface area (Å²) in [5.74, 6) is 0.127. The number of amides is 1. The van der Waals surface area contributed by atoms with Crippen LogP contribution in [0.15, 0.2) is 37.9 Å². The van der Waals surface area contributed by atoms with Crippen molar-refractivity contribution in [1.29, 1.82) is 0 Å². The van der Waals surface area contributed by atoms with Crippen LogP contribution in [0.3, 0.4) is 0 Å². The Bertz CT molecular complexity index is 709. The zero-order valence-electron chi connectivity index (χ0n) is 10.9. The second kappa shape index (κ2) is 6.02. The Morgan fingerprint density at radius 3 is 2.43 bits per heavy atom. The molecule has 21 heavy (non-hydrogen) atoms. The minimum atomic E-state index is -0.0249. The summed E-state index contributed by atoms with van der Waals surface area (Å²) in [5.41, 5.74) is 2.13. The van der Waals surface area contributed by atoms with Gasteiger partial charge in [0.25, 0.3) is 0 Å². The van der Waals surface area contributed by atoms with E-state index in [1.807, 2.05) is 18.2 Å². The van der Waals surface area contributed by atoms with Gasteiger partial charge in [-0.2, -0.15) is 0 Å². The summed E-state index contributed by atoms with van der Waals surface area (Å²) < 4.78 is 1.73. The zero-order chi connectivity index (χ0) is 15.0. The van der Waals surface area contributed by atoms with E-state index in [0.717, 1.165) is 26.2 Å². The largest absolute Gasteiger partial charge is 0.312 e. The van der Waals surface area contributed by atoms with Gasteiger partial charge in [0.05, 0.1) is 7.57 Å². The summed E-state index contributed by atoms with van der Waals surface area (Å²) in [5, 5.41) is 0. The number of thiophene rings is 1. The Kier molecular flexibility index (Phi) is 4.28. The normalized spacial score (nSPS) is 14.8. The van der Waals surface area contributed by atoms with Crippen LogP contribution in [0.2, 0.25) is 0 Å². The first-order chi connectivity index (χ1) is 10.1. The second-order valence-corrected chi connectivity index (χ2v) is 8.51. The molecule has 0 N–H and O–H groups in total. The molecule has 0 bridgehead atoms. The molecule has 0 aliphatic carbocycles. The Morgan fingerprint density at radius 2 is 1.90 bits per heavy atom. The highest BCUT2D eigenvalue weighted by atomic mass is 79.9. The van der Waals surface area contributed by atoms with Crippen LogP contribution in [0.5, 0.6) is 0 Å². The van der Waals surface area contributed by atoms with E-state index in [4.69, 9.17) is 0 Å². The number of carbonyl (C=O) groups excluding carboxylic acids is 2. The van der Waals surface area contributed by atoms with Crippen molar-refractivity contribution in [1.82, 2.24) is 0 Å². The molecule has 1 aromatic heterocycles. The quantitative estimate of drug-likeness (QED) is 0.668. The third-order valence-corrected chi connectivity index (χ3v) is 5.76. The molecule has 6 heteroatoms. The smallest absolute Gasteiger partial charge is 0.227 e. The van der Waals surface area contributed by atoms with Crippen molar-refractivity contribution in [2.75, 3.05) is 11.4 Å². The van der Waals surface area contributed by atoms with Crippen molar-refractivity contribution in [2.24, 2.45) is 0 Å². The van der Waals surface area contributed by atoms with Crippen molar-refractivity contribution >= 4 is 60.6 Å². The number of hydrogen-bond donors (Lipinski definition) is 0. The van der Waals surface area contributed by atoms with E-state index >= 15 is 0 Å². The Labute approximate surface area is 143 Å². The average Bonchev–Trinajstić information content (AvgIpc) is 3.04. The number of rotatable bonds is 3. The number of nitrogens with zero attached hydrogens (tertiary/aromatic N) is 1. The van der Waals surface area contributed by atoms with Gasteiger partial charge in [-0.1, -0.05) is 0 Å². The Hall–Kier alpha value is -0.980. The van der Waals surface area contributed by atoms with E-state index in [-0.39, 0.29) is 11.7 Å². The second-order valence-electron chi connectivity index (χ2n) is 4.76. The predicted molar refractivity (Wildman–Crippen MR) is 91.2 cm³/mol.